The molecule has 8 heteroatoms. The molecule has 21 heavy (non-hydrogen) atoms. The summed E-state index contributed by atoms with van der Waals surface area (Å²) in [5.41, 5.74) is 5.96. The van der Waals surface area contributed by atoms with Gasteiger partial charge < -0.3 is 16.3 Å². The molecule has 0 saturated carbocycles. The quantitative estimate of drug-likeness (QED) is 0.265. The van der Waals surface area contributed by atoms with Gasteiger partial charge in [0.05, 0.1) is 5.69 Å². The summed E-state index contributed by atoms with van der Waals surface area (Å²) in [6, 6.07) is 4.38. The lowest BCUT2D eigenvalue weighted by molar-refractivity contribution is 0.318. The number of nitrogens with one attached hydrogen (secondary N) is 1. The Hall–Kier alpha value is -2.77. The minimum atomic E-state index is -1.27. The van der Waals surface area contributed by atoms with Gasteiger partial charge in [-0.25, -0.2) is 13.2 Å². The van der Waals surface area contributed by atoms with E-state index < -0.39 is 17.5 Å². The highest BCUT2D eigenvalue weighted by Crippen LogP contribution is 2.19. The van der Waals surface area contributed by atoms with Crippen molar-refractivity contribution in [2.45, 2.75) is 6.54 Å². The van der Waals surface area contributed by atoms with E-state index in [-0.39, 0.29) is 23.8 Å². The fourth-order valence-corrected chi connectivity index (χ4v) is 1.71. The molecule has 0 aliphatic heterocycles. The molecule has 0 atom stereocenters. The van der Waals surface area contributed by atoms with Crippen molar-refractivity contribution in [1.82, 2.24) is 4.98 Å². The van der Waals surface area contributed by atoms with Gasteiger partial charge >= 0.3 is 0 Å². The third-order valence-electron chi connectivity index (χ3n) is 2.72. The number of halogens is 3. The van der Waals surface area contributed by atoms with Gasteiger partial charge in [0, 0.05) is 30.4 Å². The first-order valence-electron chi connectivity index (χ1n) is 5.83. The number of nitrogens with two attached hydrogens (primary N) is 1. The van der Waals surface area contributed by atoms with Gasteiger partial charge in [0.25, 0.3) is 0 Å². The van der Waals surface area contributed by atoms with Gasteiger partial charge in [0.15, 0.2) is 17.5 Å². The Morgan fingerprint density at radius 1 is 1.24 bits per heavy atom. The minimum absolute atomic E-state index is 0.0292. The van der Waals surface area contributed by atoms with E-state index in [1.807, 2.05) is 0 Å². The van der Waals surface area contributed by atoms with Crippen LogP contribution in [0.5, 0.6) is 0 Å². The summed E-state index contributed by atoms with van der Waals surface area (Å²) in [7, 11) is 0. The second-order valence-corrected chi connectivity index (χ2v) is 4.10. The number of aromatic nitrogens is 1. The molecular weight excluding hydrogens is 285 g/mol. The van der Waals surface area contributed by atoms with Crippen molar-refractivity contribution in [1.29, 1.82) is 0 Å². The number of hydrogen-bond acceptors (Lipinski definition) is 4. The van der Waals surface area contributed by atoms with Gasteiger partial charge in [0.1, 0.15) is 11.5 Å². The molecule has 0 fully saturated rings. The van der Waals surface area contributed by atoms with E-state index in [9.17, 15) is 13.2 Å². The molecule has 1 heterocycles. The van der Waals surface area contributed by atoms with Gasteiger partial charge in [-0.05, 0) is 6.07 Å². The average Bonchev–Trinajstić information content (AvgIpc) is 2.49. The first-order valence-corrected chi connectivity index (χ1v) is 5.83. The summed E-state index contributed by atoms with van der Waals surface area (Å²) in [5.74, 6) is -3.57. The van der Waals surface area contributed by atoms with Crippen LogP contribution < -0.4 is 11.1 Å². The predicted octanol–water partition coefficient (Wildman–Crippen LogP) is 2.21. The number of benzene rings is 1. The summed E-state index contributed by atoms with van der Waals surface area (Å²) in [6.45, 7) is 0.0292. The Morgan fingerprint density at radius 2 is 1.95 bits per heavy atom. The van der Waals surface area contributed by atoms with Crippen LogP contribution in [-0.4, -0.2) is 16.0 Å². The number of hydrogen-bond donors (Lipinski definition) is 3. The third kappa shape index (κ3) is 3.22. The van der Waals surface area contributed by atoms with Crippen LogP contribution >= 0.6 is 0 Å². The summed E-state index contributed by atoms with van der Waals surface area (Å²) in [6.07, 6.45) is 1.44. The Kier molecular flexibility index (Phi) is 4.27. The standard InChI is InChI=1S/C13H11F3N4O/c14-8-4-10(16)11(5-9(8)15)19-6-7-2-1-3-18-12(7)13(17)20-21/h1-5,19,21H,6H2,(H2,17,20). The van der Waals surface area contributed by atoms with Gasteiger partial charge in [-0.2, -0.15) is 0 Å². The highest BCUT2D eigenvalue weighted by molar-refractivity contribution is 5.96. The normalized spacial score (nSPS) is 11.5. The SMILES string of the molecule is NC(=NO)c1ncccc1CNc1cc(F)c(F)cc1F. The van der Waals surface area contributed by atoms with Crippen molar-refractivity contribution < 1.29 is 18.4 Å². The molecule has 2 aromatic rings. The Balaban J connectivity index is 2.23. The summed E-state index contributed by atoms with van der Waals surface area (Å²) in [5, 5.41) is 14.1. The lowest BCUT2D eigenvalue weighted by atomic mass is 10.1. The Labute approximate surface area is 117 Å². The molecule has 1 aromatic heterocycles. The molecule has 1 aromatic carbocycles. The van der Waals surface area contributed by atoms with Crippen LogP contribution in [0.25, 0.3) is 0 Å². The van der Waals surface area contributed by atoms with E-state index in [1.165, 1.54) is 6.20 Å². The first kappa shape index (κ1) is 14.6. The van der Waals surface area contributed by atoms with E-state index in [0.717, 1.165) is 0 Å². The van der Waals surface area contributed by atoms with Crippen molar-refractivity contribution in [2.24, 2.45) is 10.9 Å². The van der Waals surface area contributed by atoms with Gasteiger partial charge in [-0.15, -0.1) is 0 Å². The number of rotatable bonds is 4. The zero-order chi connectivity index (χ0) is 15.4. The molecule has 5 nitrogen and oxygen atoms in total. The molecule has 0 radical (unpaired) electrons. The summed E-state index contributed by atoms with van der Waals surface area (Å²) >= 11 is 0. The van der Waals surface area contributed by atoms with E-state index in [1.54, 1.807) is 12.1 Å². The molecule has 0 saturated heterocycles. The number of amidine groups is 1. The van der Waals surface area contributed by atoms with Crippen LogP contribution in [0.2, 0.25) is 0 Å². The van der Waals surface area contributed by atoms with E-state index >= 15 is 0 Å². The van der Waals surface area contributed by atoms with Crippen LogP contribution in [0.1, 0.15) is 11.3 Å². The average molecular weight is 296 g/mol. The summed E-state index contributed by atoms with van der Waals surface area (Å²) < 4.78 is 39.4. The van der Waals surface area contributed by atoms with Crippen LogP contribution in [-0.2, 0) is 6.54 Å². The number of anilines is 1. The van der Waals surface area contributed by atoms with Crippen LogP contribution in [0.3, 0.4) is 0 Å². The van der Waals surface area contributed by atoms with Crippen LogP contribution in [0, 0.1) is 17.5 Å². The van der Waals surface area contributed by atoms with Crippen molar-refractivity contribution in [3.8, 4) is 0 Å². The molecule has 4 N–H and O–H groups in total. The second-order valence-electron chi connectivity index (χ2n) is 4.10. The molecule has 0 aliphatic carbocycles. The lowest BCUT2D eigenvalue weighted by Crippen LogP contribution is -2.18. The van der Waals surface area contributed by atoms with Crippen molar-refractivity contribution in [3.63, 3.8) is 0 Å². The second kappa shape index (κ2) is 6.12. The predicted molar refractivity (Wildman–Crippen MR) is 70.4 cm³/mol. The topological polar surface area (TPSA) is 83.5 Å². The number of oxime groups is 1. The molecule has 0 unspecified atom stereocenters. The zero-order valence-corrected chi connectivity index (χ0v) is 10.6. The molecular formula is C13H11F3N4O. The lowest BCUT2D eigenvalue weighted by Gasteiger charge is -2.10. The Bertz CT molecular complexity index is 691. The first-order chi connectivity index (χ1) is 10.0. The molecule has 0 spiro atoms. The Morgan fingerprint density at radius 3 is 2.67 bits per heavy atom. The minimum Gasteiger partial charge on any atom is -0.409 e. The summed E-state index contributed by atoms with van der Waals surface area (Å²) in [4.78, 5) is 3.93. The highest BCUT2D eigenvalue weighted by atomic mass is 19.2. The zero-order valence-electron chi connectivity index (χ0n) is 10.6. The smallest absolute Gasteiger partial charge is 0.189 e. The largest absolute Gasteiger partial charge is 0.409 e. The van der Waals surface area contributed by atoms with E-state index in [4.69, 9.17) is 10.9 Å². The monoisotopic (exact) mass is 296 g/mol. The van der Waals surface area contributed by atoms with Gasteiger partial charge in [-0.3, -0.25) is 4.98 Å². The van der Waals surface area contributed by atoms with Gasteiger partial charge in [0.2, 0.25) is 0 Å². The molecule has 2 rings (SSSR count). The number of pyridine rings is 1. The molecule has 0 amide bonds. The third-order valence-corrected chi connectivity index (χ3v) is 2.72. The van der Waals surface area contributed by atoms with Crippen molar-refractivity contribution >= 4 is 11.5 Å². The van der Waals surface area contributed by atoms with Crippen molar-refractivity contribution in [2.75, 3.05) is 5.32 Å². The molecule has 0 bridgehead atoms. The van der Waals surface area contributed by atoms with E-state index in [0.29, 0.717) is 17.7 Å². The van der Waals surface area contributed by atoms with Gasteiger partial charge in [-0.1, -0.05) is 11.2 Å². The number of nitrogens with zero attached hydrogens (tertiary/aromatic N) is 2. The maximum Gasteiger partial charge on any atom is 0.189 e. The molecule has 110 valence electrons. The molecule has 0 aliphatic rings. The van der Waals surface area contributed by atoms with E-state index in [2.05, 4.69) is 15.5 Å². The van der Waals surface area contributed by atoms with Crippen LogP contribution in [0.4, 0.5) is 18.9 Å². The fraction of sp³-hybridized carbons (Fsp3) is 0.0769. The maximum atomic E-state index is 13.5. The fourth-order valence-electron chi connectivity index (χ4n) is 1.71. The maximum absolute atomic E-state index is 13.5. The van der Waals surface area contributed by atoms with Crippen molar-refractivity contribution in [3.05, 3.63) is 59.2 Å². The highest BCUT2D eigenvalue weighted by Gasteiger charge is 2.12. The van der Waals surface area contributed by atoms with Crippen LogP contribution in [0.15, 0.2) is 35.6 Å².